The average molecular weight is 382 g/mol. The van der Waals surface area contributed by atoms with Crippen LogP contribution in [0.15, 0.2) is 36.4 Å². The van der Waals surface area contributed by atoms with Gasteiger partial charge in [0.25, 0.3) is 11.6 Å². The van der Waals surface area contributed by atoms with E-state index in [0.29, 0.717) is 0 Å². The topological polar surface area (TPSA) is 111 Å². The van der Waals surface area contributed by atoms with Crippen LogP contribution in [0.5, 0.6) is 0 Å². The fourth-order valence-corrected chi connectivity index (χ4v) is 2.19. The highest BCUT2D eigenvalue weighted by Gasteiger charge is 2.18. The van der Waals surface area contributed by atoms with E-state index in [2.05, 4.69) is 10.6 Å². The summed E-state index contributed by atoms with van der Waals surface area (Å²) < 4.78 is 17.9. The molecule has 0 fully saturated rings. The number of hydrogen-bond acceptors (Lipinski definition) is 6. The summed E-state index contributed by atoms with van der Waals surface area (Å²) in [5.41, 5.74) is 0.0876. The van der Waals surface area contributed by atoms with Crippen LogP contribution in [0.3, 0.4) is 0 Å². The molecule has 0 unspecified atom stereocenters. The Labute approximate surface area is 152 Å². The summed E-state index contributed by atoms with van der Waals surface area (Å²) in [7, 11) is 1.51. The van der Waals surface area contributed by atoms with Crippen molar-refractivity contribution in [3.8, 4) is 0 Å². The number of rotatable bonds is 6. The molecule has 0 saturated carbocycles. The molecule has 0 atom stereocenters. The molecule has 136 valence electrons. The van der Waals surface area contributed by atoms with Crippen molar-refractivity contribution in [1.82, 2.24) is 0 Å². The molecule has 2 aromatic rings. The number of anilines is 2. The van der Waals surface area contributed by atoms with Gasteiger partial charge in [0.15, 0.2) is 6.61 Å². The highest BCUT2D eigenvalue weighted by atomic mass is 35.5. The molecule has 10 heteroatoms. The summed E-state index contributed by atoms with van der Waals surface area (Å²) in [6, 6.07) is 7.31. The van der Waals surface area contributed by atoms with Crippen molar-refractivity contribution in [2.75, 3.05) is 24.3 Å². The zero-order chi connectivity index (χ0) is 19.3. The van der Waals surface area contributed by atoms with Crippen LogP contribution in [0.4, 0.5) is 21.5 Å². The normalized spacial score (nSPS) is 10.1. The number of ether oxygens (including phenoxy) is 1. The minimum atomic E-state index is -0.900. The number of carbonyl (C=O) groups excluding carboxylic acids is 2. The molecule has 2 N–H and O–H groups in total. The van der Waals surface area contributed by atoms with Gasteiger partial charge >= 0.3 is 5.97 Å². The third-order valence-electron chi connectivity index (χ3n) is 3.24. The minimum Gasteiger partial charge on any atom is -0.452 e. The number of benzene rings is 2. The molecule has 2 aromatic carbocycles. The van der Waals surface area contributed by atoms with Gasteiger partial charge in [-0.3, -0.25) is 14.9 Å². The Bertz CT molecular complexity index is 875. The monoisotopic (exact) mass is 381 g/mol. The second-order valence-corrected chi connectivity index (χ2v) is 5.40. The molecule has 0 aliphatic heterocycles. The SMILES string of the molecule is CNc1ccc(C(=O)OCC(=O)Nc2ccc(F)c(Cl)c2)cc1[N+](=O)[O-]. The summed E-state index contributed by atoms with van der Waals surface area (Å²) >= 11 is 5.60. The van der Waals surface area contributed by atoms with Crippen LogP contribution in [0, 0.1) is 15.9 Å². The van der Waals surface area contributed by atoms with Gasteiger partial charge in [-0.05, 0) is 30.3 Å². The maximum absolute atomic E-state index is 13.1. The lowest BCUT2D eigenvalue weighted by atomic mass is 10.1. The molecule has 1 amide bonds. The zero-order valence-corrected chi connectivity index (χ0v) is 14.2. The van der Waals surface area contributed by atoms with E-state index in [4.69, 9.17) is 16.3 Å². The van der Waals surface area contributed by atoms with E-state index in [1.165, 1.54) is 31.3 Å². The number of halogens is 2. The number of nitrogens with one attached hydrogen (secondary N) is 2. The Morgan fingerprint density at radius 1 is 1.27 bits per heavy atom. The largest absolute Gasteiger partial charge is 0.452 e. The number of hydrogen-bond donors (Lipinski definition) is 2. The van der Waals surface area contributed by atoms with E-state index < -0.39 is 29.2 Å². The standard InChI is InChI=1S/C16H13ClFN3O5/c1-19-13-5-2-9(6-14(13)21(24)25)16(23)26-8-15(22)20-10-3-4-12(18)11(17)7-10/h2-7,19H,8H2,1H3,(H,20,22). The smallest absolute Gasteiger partial charge is 0.338 e. The number of amides is 1. The van der Waals surface area contributed by atoms with E-state index in [-0.39, 0.29) is 27.6 Å². The number of nitro groups is 1. The summed E-state index contributed by atoms with van der Waals surface area (Å²) in [6.45, 7) is -0.630. The fraction of sp³-hybridized carbons (Fsp3) is 0.125. The fourth-order valence-electron chi connectivity index (χ4n) is 2.01. The van der Waals surface area contributed by atoms with E-state index in [1.807, 2.05) is 0 Å². The highest BCUT2D eigenvalue weighted by molar-refractivity contribution is 6.31. The van der Waals surface area contributed by atoms with Crippen molar-refractivity contribution in [3.05, 3.63) is 62.9 Å². The molecular formula is C16H13ClFN3O5. The summed E-state index contributed by atoms with van der Waals surface area (Å²) in [4.78, 5) is 34.1. The van der Waals surface area contributed by atoms with Gasteiger partial charge in [0.1, 0.15) is 11.5 Å². The van der Waals surface area contributed by atoms with Crippen molar-refractivity contribution >= 4 is 40.5 Å². The quantitative estimate of drug-likeness (QED) is 0.451. The number of carbonyl (C=O) groups is 2. The van der Waals surface area contributed by atoms with Gasteiger partial charge in [0, 0.05) is 18.8 Å². The third-order valence-corrected chi connectivity index (χ3v) is 3.53. The Balaban J connectivity index is 1.99. The first-order valence-corrected chi connectivity index (χ1v) is 7.58. The molecule has 8 nitrogen and oxygen atoms in total. The molecule has 0 aliphatic carbocycles. The van der Waals surface area contributed by atoms with Crippen LogP contribution >= 0.6 is 11.6 Å². The first kappa shape index (κ1) is 19.1. The molecule has 26 heavy (non-hydrogen) atoms. The Morgan fingerprint density at radius 2 is 2.00 bits per heavy atom. The first-order chi connectivity index (χ1) is 12.3. The predicted molar refractivity (Wildman–Crippen MR) is 93.0 cm³/mol. The van der Waals surface area contributed by atoms with Crippen molar-refractivity contribution < 1.29 is 23.6 Å². The van der Waals surface area contributed by atoms with Crippen molar-refractivity contribution in [3.63, 3.8) is 0 Å². The van der Waals surface area contributed by atoms with Crippen LogP contribution < -0.4 is 10.6 Å². The zero-order valence-electron chi connectivity index (χ0n) is 13.4. The van der Waals surface area contributed by atoms with Crippen molar-refractivity contribution in [2.24, 2.45) is 0 Å². The van der Waals surface area contributed by atoms with Gasteiger partial charge in [-0.15, -0.1) is 0 Å². The molecular weight excluding hydrogens is 369 g/mol. The number of nitrogens with zero attached hydrogens (tertiary/aromatic N) is 1. The van der Waals surface area contributed by atoms with E-state index in [1.54, 1.807) is 0 Å². The van der Waals surface area contributed by atoms with Crippen LogP contribution in [0.2, 0.25) is 5.02 Å². The molecule has 2 rings (SSSR count). The van der Waals surface area contributed by atoms with E-state index in [9.17, 15) is 24.1 Å². The van der Waals surface area contributed by atoms with Crippen LogP contribution in [0.25, 0.3) is 0 Å². The molecule has 0 bridgehead atoms. The number of esters is 1. The van der Waals surface area contributed by atoms with Gasteiger partial charge < -0.3 is 15.4 Å². The Morgan fingerprint density at radius 3 is 2.62 bits per heavy atom. The lowest BCUT2D eigenvalue weighted by Gasteiger charge is -2.08. The lowest BCUT2D eigenvalue weighted by Crippen LogP contribution is -2.21. The molecule has 0 aromatic heterocycles. The second-order valence-electron chi connectivity index (χ2n) is 4.99. The lowest BCUT2D eigenvalue weighted by molar-refractivity contribution is -0.384. The average Bonchev–Trinajstić information content (AvgIpc) is 2.62. The maximum Gasteiger partial charge on any atom is 0.338 e. The van der Waals surface area contributed by atoms with Gasteiger partial charge in [0.05, 0.1) is 15.5 Å². The summed E-state index contributed by atoms with van der Waals surface area (Å²) in [5.74, 6) is -2.21. The third kappa shape index (κ3) is 4.67. The number of nitro benzene ring substituents is 1. The molecule has 0 aliphatic rings. The van der Waals surface area contributed by atoms with Gasteiger partial charge in [-0.2, -0.15) is 0 Å². The van der Waals surface area contributed by atoms with E-state index in [0.717, 1.165) is 12.1 Å². The Kier molecular flexibility index (Phi) is 6.07. The van der Waals surface area contributed by atoms with Gasteiger partial charge in [-0.25, -0.2) is 9.18 Å². The molecule has 0 saturated heterocycles. The minimum absolute atomic E-state index is 0.0756. The first-order valence-electron chi connectivity index (χ1n) is 7.20. The molecule has 0 heterocycles. The van der Waals surface area contributed by atoms with Gasteiger partial charge in [0.2, 0.25) is 0 Å². The second kappa shape index (κ2) is 8.26. The Hall–Kier alpha value is -3.20. The summed E-state index contributed by atoms with van der Waals surface area (Å²) in [6.07, 6.45) is 0. The molecule has 0 spiro atoms. The van der Waals surface area contributed by atoms with Crippen molar-refractivity contribution in [2.45, 2.75) is 0 Å². The molecule has 0 radical (unpaired) electrons. The van der Waals surface area contributed by atoms with Crippen LogP contribution in [-0.4, -0.2) is 30.5 Å². The van der Waals surface area contributed by atoms with Crippen LogP contribution in [0.1, 0.15) is 10.4 Å². The summed E-state index contributed by atoms with van der Waals surface area (Å²) in [5, 5.41) is 15.8. The highest BCUT2D eigenvalue weighted by Crippen LogP contribution is 2.25. The van der Waals surface area contributed by atoms with Gasteiger partial charge in [-0.1, -0.05) is 11.6 Å². The van der Waals surface area contributed by atoms with Crippen molar-refractivity contribution in [1.29, 1.82) is 0 Å². The van der Waals surface area contributed by atoms with E-state index >= 15 is 0 Å². The maximum atomic E-state index is 13.1. The van der Waals surface area contributed by atoms with Crippen LogP contribution in [-0.2, 0) is 9.53 Å². The predicted octanol–water partition coefficient (Wildman–Crippen LogP) is 3.22.